The number of carbonyl (C=O) groups is 2. The van der Waals surface area contributed by atoms with Gasteiger partial charge < -0.3 is 10.2 Å². The van der Waals surface area contributed by atoms with Gasteiger partial charge in [-0.2, -0.15) is 0 Å². The molecule has 2 rings (SSSR count). The third-order valence-electron chi connectivity index (χ3n) is 3.51. The smallest absolute Gasteiger partial charge is 0.251 e. The molecule has 0 aliphatic rings. The topological polar surface area (TPSA) is 62.3 Å². The predicted octanol–water partition coefficient (Wildman–Crippen LogP) is 2.62. The fraction of sp³-hybridized carbons (Fsp3) is 0.312. The zero-order valence-corrected chi connectivity index (χ0v) is 13.8. The molecular formula is C16H18FN3O2S. The highest BCUT2D eigenvalue weighted by Crippen LogP contribution is 2.21. The molecule has 1 atom stereocenters. The average Bonchev–Trinajstić information content (AvgIpc) is 3.08. The van der Waals surface area contributed by atoms with Crippen LogP contribution in [-0.2, 0) is 4.79 Å². The Hall–Kier alpha value is -2.28. The molecule has 0 saturated heterocycles. The summed E-state index contributed by atoms with van der Waals surface area (Å²) in [5, 5.41) is 5.40. The third kappa shape index (κ3) is 4.59. The fourth-order valence-electron chi connectivity index (χ4n) is 1.99. The number of amides is 2. The van der Waals surface area contributed by atoms with Gasteiger partial charge in [-0.1, -0.05) is 0 Å². The van der Waals surface area contributed by atoms with Crippen LogP contribution in [0.2, 0.25) is 0 Å². The van der Waals surface area contributed by atoms with Crippen LogP contribution in [0.15, 0.2) is 35.8 Å². The van der Waals surface area contributed by atoms with Gasteiger partial charge in [-0.15, -0.1) is 11.3 Å². The summed E-state index contributed by atoms with van der Waals surface area (Å²) in [5.41, 5.74) is 0.364. The van der Waals surface area contributed by atoms with Gasteiger partial charge in [-0.05, 0) is 31.2 Å². The Morgan fingerprint density at radius 2 is 2.04 bits per heavy atom. The van der Waals surface area contributed by atoms with E-state index in [1.807, 2.05) is 12.3 Å². The quantitative estimate of drug-likeness (QED) is 0.883. The van der Waals surface area contributed by atoms with E-state index in [2.05, 4.69) is 10.3 Å². The highest BCUT2D eigenvalue weighted by atomic mass is 32.1. The van der Waals surface area contributed by atoms with Crippen molar-refractivity contribution in [1.29, 1.82) is 0 Å². The Bertz CT molecular complexity index is 658. The molecule has 5 nitrogen and oxygen atoms in total. The number of aromatic nitrogens is 1. The van der Waals surface area contributed by atoms with Crippen LogP contribution < -0.4 is 5.32 Å². The average molecular weight is 335 g/mol. The first-order valence-corrected chi connectivity index (χ1v) is 8.06. The van der Waals surface area contributed by atoms with Gasteiger partial charge in [-0.3, -0.25) is 9.59 Å². The van der Waals surface area contributed by atoms with Crippen LogP contribution in [0.4, 0.5) is 4.39 Å². The van der Waals surface area contributed by atoms with Crippen LogP contribution in [0.1, 0.15) is 34.8 Å². The van der Waals surface area contributed by atoms with Crippen molar-refractivity contribution in [3.05, 3.63) is 52.2 Å². The van der Waals surface area contributed by atoms with Crippen molar-refractivity contribution >= 4 is 23.2 Å². The molecule has 2 aromatic rings. The largest absolute Gasteiger partial charge is 0.352 e. The van der Waals surface area contributed by atoms with Gasteiger partial charge in [0, 0.05) is 37.2 Å². The molecule has 23 heavy (non-hydrogen) atoms. The fourth-order valence-corrected chi connectivity index (χ4v) is 2.72. The molecule has 0 spiro atoms. The molecule has 7 heteroatoms. The SMILES string of the molecule is C[C@H](c1nccs1)N(C)C(=O)CCNC(=O)c1ccc(F)cc1. The van der Waals surface area contributed by atoms with Crippen molar-refractivity contribution in [3.63, 3.8) is 0 Å². The Balaban J connectivity index is 1.80. The summed E-state index contributed by atoms with van der Waals surface area (Å²) in [6, 6.07) is 5.16. The Kier molecular flexibility index (Phi) is 5.81. The second-order valence-corrected chi connectivity index (χ2v) is 5.99. The molecule has 122 valence electrons. The maximum absolute atomic E-state index is 12.8. The minimum absolute atomic E-state index is 0.0768. The molecule has 1 N–H and O–H groups in total. The van der Waals surface area contributed by atoms with E-state index in [4.69, 9.17) is 0 Å². The Morgan fingerprint density at radius 3 is 2.65 bits per heavy atom. The summed E-state index contributed by atoms with van der Waals surface area (Å²) >= 11 is 1.50. The van der Waals surface area contributed by atoms with E-state index in [-0.39, 0.29) is 30.8 Å². The number of halogens is 1. The van der Waals surface area contributed by atoms with E-state index in [1.54, 1.807) is 18.1 Å². The molecule has 1 aromatic carbocycles. The number of hydrogen-bond donors (Lipinski definition) is 1. The van der Waals surface area contributed by atoms with Crippen molar-refractivity contribution < 1.29 is 14.0 Å². The lowest BCUT2D eigenvalue weighted by Gasteiger charge is -2.23. The molecule has 0 aliphatic heterocycles. The van der Waals surface area contributed by atoms with Gasteiger partial charge in [0.05, 0.1) is 6.04 Å². The lowest BCUT2D eigenvalue weighted by molar-refractivity contribution is -0.131. The van der Waals surface area contributed by atoms with E-state index in [0.29, 0.717) is 5.56 Å². The zero-order chi connectivity index (χ0) is 16.8. The second-order valence-electron chi connectivity index (χ2n) is 5.06. The molecule has 1 heterocycles. The van der Waals surface area contributed by atoms with E-state index in [9.17, 15) is 14.0 Å². The highest BCUT2D eigenvalue weighted by molar-refractivity contribution is 7.09. The van der Waals surface area contributed by atoms with Crippen molar-refractivity contribution in [2.45, 2.75) is 19.4 Å². The summed E-state index contributed by atoms with van der Waals surface area (Å²) in [6.45, 7) is 2.14. The number of benzene rings is 1. The predicted molar refractivity (Wildman–Crippen MR) is 86.6 cm³/mol. The number of nitrogens with zero attached hydrogens (tertiary/aromatic N) is 2. The lowest BCUT2D eigenvalue weighted by Crippen LogP contribution is -2.33. The summed E-state index contributed by atoms with van der Waals surface area (Å²) in [6.07, 6.45) is 1.90. The first-order chi connectivity index (χ1) is 11.0. The normalized spacial score (nSPS) is 11.8. The van der Waals surface area contributed by atoms with E-state index >= 15 is 0 Å². The van der Waals surface area contributed by atoms with Crippen LogP contribution in [0.5, 0.6) is 0 Å². The number of hydrogen-bond acceptors (Lipinski definition) is 4. The van der Waals surface area contributed by atoms with E-state index < -0.39 is 5.82 Å². The van der Waals surface area contributed by atoms with Gasteiger partial charge in [0.2, 0.25) is 5.91 Å². The van der Waals surface area contributed by atoms with Crippen molar-refractivity contribution in [1.82, 2.24) is 15.2 Å². The minimum atomic E-state index is -0.394. The third-order valence-corrected chi connectivity index (χ3v) is 4.46. The van der Waals surface area contributed by atoms with Crippen molar-refractivity contribution in [3.8, 4) is 0 Å². The van der Waals surface area contributed by atoms with Gasteiger partial charge in [-0.25, -0.2) is 9.37 Å². The highest BCUT2D eigenvalue weighted by Gasteiger charge is 2.19. The van der Waals surface area contributed by atoms with Crippen molar-refractivity contribution in [2.75, 3.05) is 13.6 Å². The summed E-state index contributed by atoms with van der Waals surface area (Å²) in [7, 11) is 1.72. The Morgan fingerprint density at radius 1 is 1.35 bits per heavy atom. The van der Waals surface area contributed by atoms with Crippen LogP contribution in [0.25, 0.3) is 0 Å². The van der Waals surface area contributed by atoms with Crippen LogP contribution in [0, 0.1) is 5.82 Å². The summed E-state index contributed by atoms with van der Waals surface area (Å²) < 4.78 is 12.8. The zero-order valence-electron chi connectivity index (χ0n) is 13.0. The molecule has 0 saturated carbocycles. The molecule has 0 unspecified atom stereocenters. The van der Waals surface area contributed by atoms with Crippen LogP contribution >= 0.6 is 11.3 Å². The van der Waals surface area contributed by atoms with Crippen molar-refractivity contribution in [2.24, 2.45) is 0 Å². The molecular weight excluding hydrogens is 317 g/mol. The number of nitrogens with one attached hydrogen (secondary N) is 1. The van der Waals surface area contributed by atoms with Gasteiger partial charge in [0.25, 0.3) is 5.91 Å². The molecule has 0 radical (unpaired) electrons. The standard InChI is InChI=1S/C16H18FN3O2S/c1-11(16-19-9-10-23-16)20(2)14(21)7-8-18-15(22)12-3-5-13(17)6-4-12/h3-6,9-11H,7-8H2,1-2H3,(H,18,22)/t11-/m1/s1. The molecule has 0 fully saturated rings. The maximum Gasteiger partial charge on any atom is 0.251 e. The minimum Gasteiger partial charge on any atom is -0.352 e. The first kappa shape index (κ1) is 17.1. The number of carbonyl (C=O) groups excluding carboxylic acids is 2. The van der Waals surface area contributed by atoms with Gasteiger partial charge in [0.1, 0.15) is 10.8 Å². The lowest BCUT2D eigenvalue weighted by atomic mass is 10.2. The molecule has 1 aromatic heterocycles. The molecule has 0 aliphatic carbocycles. The van der Waals surface area contributed by atoms with Crippen LogP contribution in [0.3, 0.4) is 0 Å². The first-order valence-electron chi connectivity index (χ1n) is 7.18. The second kappa shape index (κ2) is 7.82. The monoisotopic (exact) mass is 335 g/mol. The van der Waals surface area contributed by atoms with E-state index in [1.165, 1.54) is 35.6 Å². The molecule has 0 bridgehead atoms. The Labute approximate surface area is 138 Å². The molecule has 2 amide bonds. The summed E-state index contributed by atoms with van der Waals surface area (Å²) in [5.74, 6) is -0.796. The summed E-state index contributed by atoms with van der Waals surface area (Å²) in [4.78, 5) is 29.8. The van der Waals surface area contributed by atoms with Gasteiger partial charge >= 0.3 is 0 Å². The number of thiazole rings is 1. The maximum atomic E-state index is 12.8. The number of rotatable bonds is 6. The van der Waals surface area contributed by atoms with Gasteiger partial charge in [0.15, 0.2) is 0 Å². The van der Waals surface area contributed by atoms with E-state index in [0.717, 1.165) is 5.01 Å². The van der Waals surface area contributed by atoms with Crippen LogP contribution in [-0.4, -0.2) is 35.3 Å².